The molecule has 0 aromatic carbocycles. The van der Waals surface area contributed by atoms with Crippen LogP contribution in [-0.4, -0.2) is 36.0 Å². The minimum Gasteiger partial charge on any atom is -0.394 e. The fourth-order valence-corrected chi connectivity index (χ4v) is 2.91. The van der Waals surface area contributed by atoms with E-state index >= 15 is 0 Å². The van der Waals surface area contributed by atoms with Crippen LogP contribution in [0.3, 0.4) is 0 Å². The predicted octanol–water partition coefficient (Wildman–Crippen LogP) is 0.978. The smallest absolute Gasteiger partial charge is 0.243 e. The minimum atomic E-state index is -3.52. The number of hydrogen-bond donors (Lipinski definition) is 2. The molecule has 1 atom stereocenters. The first-order valence-electron chi connectivity index (χ1n) is 6.51. The number of hydrogen-bond acceptors (Lipinski definition) is 4. The van der Waals surface area contributed by atoms with E-state index in [9.17, 15) is 8.42 Å². The van der Waals surface area contributed by atoms with Crippen molar-refractivity contribution in [3.05, 3.63) is 12.4 Å². The maximum Gasteiger partial charge on any atom is 0.243 e. The molecule has 1 aromatic rings. The molecule has 0 amide bonds. The quantitative estimate of drug-likeness (QED) is 0.747. The van der Waals surface area contributed by atoms with E-state index in [1.54, 1.807) is 0 Å². The zero-order valence-corrected chi connectivity index (χ0v) is 12.5. The molecule has 0 aliphatic carbocycles. The summed E-state index contributed by atoms with van der Waals surface area (Å²) in [6, 6.07) is -0.103. The molecule has 0 saturated heterocycles. The summed E-state index contributed by atoms with van der Waals surface area (Å²) in [5, 5.41) is 12.7. The van der Waals surface area contributed by atoms with Crippen LogP contribution >= 0.6 is 0 Å². The van der Waals surface area contributed by atoms with Gasteiger partial charge in [-0.15, -0.1) is 0 Å². The number of aliphatic hydroxyl groups excluding tert-OH is 1. The van der Waals surface area contributed by atoms with Gasteiger partial charge in [-0.3, -0.25) is 4.68 Å². The number of nitrogens with one attached hydrogen (secondary N) is 1. The monoisotopic (exact) mass is 289 g/mol. The molecule has 1 heterocycles. The fourth-order valence-electron chi connectivity index (χ4n) is 1.68. The Balaban J connectivity index is 2.64. The van der Waals surface area contributed by atoms with Crippen molar-refractivity contribution in [3.8, 4) is 0 Å². The molecule has 7 heteroatoms. The lowest BCUT2D eigenvalue weighted by atomic mass is 10.1. The van der Waals surface area contributed by atoms with E-state index in [2.05, 4.69) is 23.7 Å². The van der Waals surface area contributed by atoms with Crippen molar-refractivity contribution in [2.45, 2.75) is 51.1 Å². The van der Waals surface area contributed by atoms with Crippen LogP contribution in [-0.2, 0) is 16.6 Å². The molecule has 0 radical (unpaired) electrons. The first-order chi connectivity index (χ1) is 8.85. The summed E-state index contributed by atoms with van der Waals surface area (Å²) in [7, 11) is -3.52. The maximum atomic E-state index is 12.1. The van der Waals surface area contributed by atoms with E-state index in [-0.39, 0.29) is 17.5 Å². The van der Waals surface area contributed by atoms with Crippen LogP contribution in [0, 0.1) is 5.92 Å². The number of aliphatic hydroxyl groups is 1. The van der Waals surface area contributed by atoms with Gasteiger partial charge in [-0.2, -0.15) is 5.10 Å². The van der Waals surface area contributed by atoms with Crippen molar-refractivity contribution < 1.29 is 13.5 Å². The van der Waals surface area contributed by atoms with Gasteiger partial charge in [0.1, 0.15) is 4.90 Å². The minimum absolute atomic E-state index is 0.0701. The topological polar surface area (TPSA) is 84.2 Å². The maximum absolute atomic E-state index is 12.1. The Hall–Kier alpha value is -0.920. The number of nitrogens with zero attached hydrogens (tertiary/aromatic N) is 2. The van der Waals surface area contributed by atoms with Crippen molar-refractivity contribution in [3.63, 3.8) is 0 Å². The highest BCUT2D eigenvalue weighted by Gasteiger charge is 2.19. The third-order valence-corrected chi connectivity index (χ3v) is 4.33. The molecule has 6 nitrogen and oxygen atoms in total. The largest absolute Gasteiger partial charge is 0.394 e. The van der Waals surface area contributed by atoms with Gasteiger partial charge in [0.15, 0.2) is 0 Å². The highest BCUT2D eigenvalue weighted by Crippen LogP contribution is 2.11. The highest BCUT2D eigenvalue weighted by atomic mass is 32.2. The molecule has 1 aromatic heterocycles. The van der Waals surface area contributed by atoms with E-state index in [1.807, 2.05) is 6.92 Å². The average molecular weight is 289 g/mol. The molecule has 19 heavy (non-hydrogen) atoms. The van der Waals surface area contributed by atoms with Crippen LogP contribution in [0.1, 0.15) is 33.6 Å². The van der Waals surface area contributed by atoms with Crippen molar-refractivity contribution in [1.29, 1.82) is 0 Å². The van der Waals surface area contributed by atoms with Gasteiger partial charge in [0.05, 0.1) is 19.3 Å². The number of aromatic nitrogens is 2. The Morgan fingerprint density at radius 2 is 2.05 bits per heavy atom. The van der Waals surface area contributed by atoms with Gasteiger partial charge in [0.2, 0.25) is 10.0 Å². The summed E-state index contributed by atoms with van der Waals surface area (Å²) < 4.78 is 28.2. The van der Waals surface area contributed by atoms with E-state index in [0.29, 0.717) is 12.5 Å². The van der Waals surface area contributed by atoms with Crippen LogP contribution in [0.15, 0.2) is 17.3 Å². The lowest BCUT2D eigenvalue weighted by Crippen LogP contribution is -2.32. The van der Waals surface area contributed by atoms with Gasteiger partial charge in [-0.05, 0) is 25.7 Å². The zero-order chi connectivity index (χ0) is 14.5. The lowest BCUT2D eigenvalue weighted by molar-refractivity contribution is 0.269. The van der Waals surface area contributed by atoms with Gasteiger partial charge >= 0.3 is 0 Å². The second kappa shape index (κ2) is 7.02. The van der Waals surface area contributed by atoms with Crippen LogP contribution < -0.4 is 4.72 Å². The second-order valence-electron chi connectivity index (χ2n) is 5.16. The normalized spacial score (nSPS) is 13.9. The molecule has 0 aliphatic rings. The number of sulfonamides is 1. The molecule has 1 unspecified atom stereocenters. The first-order valence-corrected chi connectivity index (χ1v) is 7.99. The average Bonchev–Trinajstić information content (AvgIpc) is 2.76. The SMILES string of the molecule is CC(C)CCC(C)NS(=O)(=O)c1cnn(CCO)c1. The van der Waals surface area contributed by atoms with Gasteiger partial charge in [-0.25, -0.2) is 13.1 Å². The summed E-state index contributed by atoms with van der Waals surface area (Å²) in [6.45, 7) is 6.30. The molecule has 0 bridgehead atoms. The molecular weight excluding hydrogens is 266 g/mol. The summed E-state index contributed by atoms with van der Waals surface area (Å²) in [5.74, 6) is 0.555. The Morgan fingerprint density at radius 3 is 2.63 bits per heavy atom. The Kier molecular flexibility index (Phi) is 5.96. The van der Waals surface area contributed by atoms with E-state index in [4.69, 9.17) is 5.11 Å². The van der Waals surface area contributed by atoms with Crippen molar-refractivity contribution in [1.82, 2.24) is 14.5 Å². The van der Waals surface area contributed by atoms with Crippen molar-refractivity contribution in [2.24, 2.45) is 5.92 Å². The van der Waals surface area contributed by atoms with E-state index in [1.165, 1.54) is 17.1 Å². The zero-order valence-electron chi connectivity index (χ0n) is 11.7. The summed E-state index contributed by atoms with van der Waals surface area (Å²) >= 11 is 0. The predicted molar refractivity (Wildman–Crippen MR) is 73.2 cm³/mol. The summed E-state index contributed by atoms with van der Waals surface area (Å²) in [4.78, 5) is 0.136. The van der Waals surface area contributed by atoms with E-state index in [0.717, 1.165) is 12.8 Å². The molecule has 0 saturated carbocycles. The van der Waals surface area contributed by atoms with Gasteiger partial charge < -0.3 is 5.11 Å². The Labute approximate surface area is 114 Å². The first kappa shape index (κ1) is 16.1. The van der Waals surface area contributed by atoms with Gasteiger partial charge in [-0.1, -0.05) is 13.8 Å². The molecule has 0 fully saturated rings. The Morgan fingerprint density at radius 1 is 1.37 bits per heavy atom. The summed E-state index contributed by atoms with van der Waals surface area (Å²) in [5.41, 5.74) is 0. The van der Waals surface area contributed by atoms with E-state index < -0.39 is 10.0 Å². The highest BCUT2D eigenvalue weighted by molar-refractivity contribution is 7.89. The van der Waals surface area contributed by atoms with Crippen LogP contribution in [0.5, 0.6) is 0 Å². The summed E-state index contributed by atoms with van der Waals surface area (Å²) in [6.07, 6.45) is 4.51. The second-order valence-corrected chi connectivity index (χ2v) is 6.87. The number of rotatable bonds is 8. The molecule has 0 spiro atoms. The molecule has 1 rings (SSSR count). The van der Waals surface area contributed by atoms with Crippen LogP contribution in [0.2, 0.25) is 0 Å². The van der Waals surface area contributed by atoms with Crippen LogP contribution in [0.25, 0.3) is 0 Å². The van der Waals surface area contributed by atoms with Gasteiger partial charge in [0, 0.05) is 12.2 Å². The molecule has 110 valence electrons. The molecular formula is C12H23N3O3S. The third-order valence-electron chi connectivity index (χ3n) is 2.78. The van der Waals surface area contributed by atoms with Gasteiger partial charge in [0.25, 0.3) is 0 Å². The van der Waals surface area contributed by atoms with Crippen molar-refractivity contribution in [2.75, 3.05) is 6.61 Å². The molecule has 0 aliphatic heterocycles. The third kappa shape index (κ3) is 5.30. The fraction of sp³-hybridized carbons (Fsp3) is 0.750. The van der Waals surface area contributed by atoms with Crippen LogP contribution in [0.4, 0.5) is 0 Å². The standard InChI is InChI=1S/C12H23N3O3S/c1-10(2)4-5-11(3)14-19(17,18)12-8-13-15(9-12)6-7-16/h8-11,14,16H,4-7H2,1-3H3. The lowest BCUT2D eigenvalue weighted by Gasteiger charge is -2.14. The molecule has 2 N–H and O–H groups in total. The van der Waals surface area contributed by atoms with Crippen molar-refractivity contribution >= 4 is 10.0 Å². The Bertz CT molecular complexity index is 482.